The van der Waals surface area contributed by atoms with E-state index in [1.807, 2.05) is 0 Å². The van der Waals surface area contributed by atoms with E-state index in [2.05, 4.69) is 0 Å². The van der Waals surface area contributed by atoms with Crippen molar-refractivity contribution in [1.29, 1.82) is 0 Å². The SMILES string of the molecule is O=C(O)C1(C(=O)O)CCCC1.[Ca+2].[H-].[H-]. The molecule has 2 N–H and O–H groups in total. The first-order valence-corrected chi connectivity index (χ1v) is 3.56. The van der Waals surface area contributed by atoms with Crippen LogP contribution in [0.5, 0.6) is 0 Å². The van der Waals surface area contributed by atoms with Gasteiger partial charge in [-0.25, -0.2) is 0 Å². The van der Waals surface area contributed by atoms with Crippen molar-refractivity contribution < 1.29 is 22.7 Å². The number of carboxylic acids is 2. The second-order valence-corrected chi connectivity index (χ2v) is 2.90. The zero-order valence-electron chi connectivity index (χ0n) is 8.75. The van der Waals surface area contributed by atoms with Gasteiger partial charge in [-0.2, -0.15) is 0 Å². The molecule has 0 atom stereocenters. The maximum Gasteiger partial charge on any atom is 2.00 e. The third-order valence-electron chi connectivity index (χ3n) is 2.28. The van der Waals surface area contributed by atoms with Crippen LogP contribution in [0.3, 0.4) is 0 Å². The standard InChI is InChI=1S/C7H10O4.Ca.2H/c8-5(9)7(6(10)11)3-1-2-4-7;;;/h1-4H2,(H,8,9)(H,10,11);;;/q;+2;2*-1. The van der Waals surface area contributed by atoms with Gasteiger partial charge in [0.05, 0.1) is 0 Å². The minimum atomic E-state index is -1.47. The summed E-state index contributed by atoms with van der Waals surface area (Å²) >= 11 is 0. The number of aliphatic carboxylic acids is 2. The topological polar surface area (TPSA) is 74.6 Å². The van der Waals surface area contributed by atoms with Crippen LogP contribution in [0.1, 0.15) is 28.5 Å². The molecule has 0 spiro atoms. The molecule has 1 saturated carbocycles. The quantitative estimate of drug-likeness (QED) is 0.504. The van der Waals surface area contributed by atoms with Crippen LogP contribution in [0.25, 0.3) is 0 Å². The van der Waals surface area contributed by atoms with Gasteiger partial charge in [-0.1, -0.05) is 12.8 Å². The van der Waals surface area contributed by atoms with E-state index in [1.54, 1.807) is 0 Å². The van der Waals surface area contributed by atoms with Crippen LogP contribution in [0.4, 0.5) is 0 Å². The molecule has 0 bridgehead atoms. The maximum absolute atomic E-state index is 10.6. The minimum absolute atomic E-state index is 0. The fourth-order valence-corrected chi connectivity index (χ4v) is 1.50. The summed E-state index contributed by atoms with van der Waals surface area (Å²) in [5, 5.41) is 17.3. The Morgan fingerprint density at radius 2 is 1.42 bits per heavy atom. The van der Waals surface area contributed by atoms with E-state index in [0.717, 1.165) is 0 Å². The monoisotopic (exact) mass is 200 g/mol. The van der Waals surface area contributed by atoms with Crippen molar-refractivity contribution in [1.82, 2.24) is 0 Å². The Kier molecular flexibility index (Phi) is 4.51. The first-order valence-electron chi connectivity index (χ1n) is 3.56. The molecule has 0 aliphatic heterocycles. The Morgan fingerprint density at radius 3 is 1.58 bits per heavy atom. The first-order chi connectivity index (χ1) is 5.09. The van der Waals surface area contributed by atoms with Crippen LogP contribution < -0.4 is 0 Å². The Bertz CT molecular complexity index is 188. The van der Waals surface area contributed by atoms with Crippen LogP contribution in [0, 0.1) is 5.41 Å². The molecule has 0 saturated heterocycles. The van der Waals surface area contributed by atoms with Gasteiger partial charge in [-0.3, -0.25) is 9.59 Å². The van der Waals surface area contributed by atoms with Crippen LogP contribution >= 0.6 is 0 Å². The molecule has 0 radical (unpaired) electrons. The van der Waals surface area contributed by atoms with Crippen molar-refractivity contribution in [2.75, 3.05) is 0 Å². The maximum atomic E-state index is 10.6. The first kappa shape index (κ1) is 12.2. The van der Waals surface area contributed by atoms with Gasteiger partial charge in [-0.05, 0) is 12.8 Å². The van der Waals surface area contributed by atoms with Gasteiger partial charge in [0, 0.05) is 0 Å². The number of hydrogen-bond acceptors (Lipinski definition) is 2. The second kappa shape index (κ2) is 4.44. The summed E-state index contributed by atoms with van der Waals surface area (Å²) in [6, 6.07) is 0. The van der Waals surface area contributed by atoms with Crippen molar-refractivity contribution in [3.63, 3.8) is 0 Å². The average molecular weight is 200 g/mol. The molecule has 0 aromatic heterocycles. The van der Waals surface area contributed by atoms with E-state index in [0.29, 0.717) is 12.8 Å². The van der Waals surface area contributed by atoms with Crippen LogP contribution in [-0.4, -0.2) is 59.9 Å². The molecule has 1 aliphatic rings. The normalized spacial score (nSPS) is 19.7. The Balaban J connectivity index is -0.000000403. The summed E-state index contributed by atoms with van der Waals surface area (Å²) in [5.74, 6) is -2.38. The Morgan fingerprint density at radius 1 is 1.08 bits per heavy atom. The van der Waals surface area contributed by atoms with Crippen molar-refractivity contribution in [3.8, 4) is 0 Å². The van der Waals surface area contributed by atoms with Gasteiger partial charge < -0.3 is 13.1 Å². The number of hydrogen-bond donors (Lipinski definition) is 2. The summed E-state index contributed by atoms with van der Waals surface area (Å²) in [6.45, 7) is 0. The minimum Gasteiger partial charge on any atom is -1.00 e. The van der Waals surface area contributed by atoms with Crippen molar-refractivity contribution >= 4 is 49.7 Å². The molecule has 66 valence electrons. The third kappa shape index (κ3) is 1.92. The number of carbonyl (C=O) groups is 2. The molecule has 0 unspecified atom stereocenters. The Labute approximate surface area is 103 Å². The predicted octanol–water partition coefficient (Wildman–Crippen LogP) is 0.560. The predicted molar refractivity (Wildman–Crippen MR) is 44.2 cm³/mol. The van der Waals surface area contributed by atoms with Gasteiger partial charge in [0.1, 0.15) is 0 Å². The molecule has 0 heterocycles. The molecular formula is C7H12CaO4. The van der Waals surface area contributed by atoms with E-state index in [9.17, 15) is 9.59 Å². The van der Waals surface area contributed by atoms with E-state index in [1.165, 1.54) is 0 Å². The number of rotatable bonds is 2. The molecule has 0 aromatic carbocycles. The van der Waals surface area contributed by atoms with Crippen LogP contribution in [0.2, 0.25) is 0 Å². The smallest absolute Gasteiger partial charge is 1.00 e. The fraction of sp³-hybridized carbons (Fsp3) is 0.714. The molecule has 0 amide bonds. The third-order valence-corrected chi connectivity index (χ3v) is 2.28. The molecule has 12 heavy (non-hydrogen) atoms. The molecule has 1 rings (SSSR count). The second-order valence-electron chi connectivity index (χ2n) is 2.90. The molecule has 0 aromatic rings. The van der Waals surface area contributed by atoms with Crippen molar-refractivity contribution in [3.05, 3.63) is 0 Å². The number of carboxylic acid groups (broad SMARTS) is 2. The molecule has 1 aliphatic carbocycles. The van der Waals surface area contributed by atoms with Gasteiger partial charge in [0.25, 0.3) is 0 Å². The van der Waals surface area contributed by atoms with Gasteiger partial charge in [-0.15, -0.1) is 0 Å². The van der Waals surface area contributed by atoms with E-state index < -0.39 is 17.4 Å². The average Bonchev–Trinajstić information content (AvgIpc) is 2.34. The molecule has 5 heteroatoms. The summed E-state index contributed by atoms with van der Waals surface area (Å²) < 4.78 is 0. The van der Waals surface area contributed by atoms with Crippen LogP contribution in [0.15, 0.2) is 0 Å². The Hall–Kier alpha value is 0.200. The summed E-state index contributed by atoms with van der Waals surface area (Å²) in [4.78, 5) is 21.2. The van der Waals surface area contributed by atoms with E-state index in [-0.39, 0.29) is 53.4 Å². The van der Waals surface area contributed by atoms with Crippen LogP contribution in [-0.2, 0) is 9.59 Å². The zero-order valence-corrected chi connectivity index (χ0v) is 8.95. The van der Waals surface area contributed by atoms with Crippen molar-refractivity contribution in [2.45, 2.75) is 25.7 Å². The van der Waals surface area contributed by atoms with E-state index in [4.69, 9.17) is 10.2 Å². The fourth-order valence-electron chi connectivity index (χ4n) is 1.50. The zero-order chi connectivity index (χ0) is 8.48. The summed E-state index contributed by atoms with van der Waals surface area (Å²) in [6.07, 6.45) is 1.96. The van der Waals surface area contributed by atoms with Gasteiger partial charge in [0.2, 0.25) is 0 Å². The van der Waals surface area contributed by atoms with E-state index >= 15 is 0 Å². The van der Waals surface area contributed by atoms with Gasteiger partial charge >= 0.3 is 49.7 Å². The van der Waals surface area contributed by atoms with Crippen molar-refractivity contribution in [2.24, 2.45) is 5.41 Å². The summed E-state index contributed by atoms with van der Waals surface area (Å²) in [7, 11) is 0. The van der Waals surface area contributed by atoms with Gasteiger partial charge in [0.15, 0.2) is 5.41 Å². The molecule has 4 nitrogen and oxygen atoms in total. The molecular weight excluding hydrogens is 188 g/mol. The largest absolute Gasteiger partial charge is 2.00 e. The molecule has 1 fully saturated rings. The summed E-state index contributed by atoms with van der Waals surface area (Å²) in [5.41, 5.74) is -1.47.